The lowest BCUT2D eigenvalue weighted by Crippen LogP contribution is -2.07. The van der Waals surface area contributed by atoms with E-state index in [0.29, 0.717) is 16.5 Å². The molecule has 5 heteroatoms. The van der Waals surface area contributed by atoms with E-state index >= 15 is 0 Å². The Morgan fingerprint density at radius 3 is 2.65 bits per heavy atom. The first kappa shape index (κ1) is 14.6. The first-order valence-corrected chi connectivity index (χ1v) is 6.67. The molecule has 0 aliphatic heterocycles. The standard InChI is InChI=1S/C15H17ClN2O2/c1-9-5-6-11(14(7-9)20-4)13(19)8-12-10(2)17-18(3)15(12)16/h5-7H,8H2,1-4H3. The van der Waals surface area contributed by atoms with E-state index in [1.54, 1.807) is 24.9 Å². The van der Waals surface area contributed by atoms with Crippen molar-refractivity contribution in [1.82, 2.24) is 9.78 Å². The van der Waals surface area contributed by atoms with Gasteiger partial charge in [-0.05, 0) is 31.5 Å². The van der Waals surface area contributed by atoms with Crippen LogP contribution in [0.3, 0.4) is 0 Å². The molecule has 0 atom stereocenters. The number of hydrogen-bond donors (Lipinski definition) is 0. The number of rotatable bonds is 4. The zero-order valence-corrected chi connectivity index (χ0v) is 12.8. The predicted octanol–water partition coefficient (Wildman–Crippen LogP) is 3.12. The van der Waals surface area contributed by atoms with Crippen LogP contribution in [0.2, 0.25) is 5.15 Å². The lowest BCUT2D eigenvalue weighted by atomic mass is 10.0. The van der Waals surface area contributed by atoms with Gasteiger partial charge in [-0.1, -0.05) is 17.7 Å². The van der Waals surface area contributed by atoms with Crippen LogP contribution in [0, 0.1) is 13.8 Å². The van der Waals surface area contributed by atoms with Crippen molar-refractivity contribution in [2.75, 3.05) is 7.11 Å². The van der Waals surface area contributed by atoms with Crippen LogP contribution in [0.15, 0.2) is 18.2 Å². The van der Waals surface area contributed by atoms with Gasteiger partial charge in [-0.2, -0.15) is 5.10 Å². The molecule has 0 unspecified atom stereocenters. The van der Waals surface area contributed by atoms with Gasteiger partial charge in [0.25, 0.3) is 0 Å². The summed E-state index contributed by atoms with van der Waals surface area (Å²) in [5.41, 5.74) is 3.16. The van der Waals surface area contributed by atoms with Crippen LogP contribution in [0.1, 0.15) is 27.2 Å². The SMILES string of the molecule is COc1cc(C)ccc1C(=O)Cc1c(C)nn(C)c1Cl. The molecule has 0 saturated carbocycles. The number of halogens is 1. The summed E-state index contributed by atoms with van der Waals surface area (Å²) in [6.45, 7) is 3.81. The van der Waals surface area contributed by atoms with Crippen molar-refractivity contribution < 1.29 is 9.53 Å². The van der Waals surface area contributed by atoms with Gasteiger partial charge in [-0.25, -0.2) is 0 Å². The van der Waals surface area contributed by atoms with Crippen LogP contribution in [-0.4, -0.2) is 22.7 Å². The molecule has 0 aliphatic rings. The van der Waals surface area contributed by atoms with Crippen LogP contribution in [0.4, 0.5) is 0 Å². The zero-order chi connectivity index (χ0) is 14.9. The van der Waals surface area contributed by atoms with E-state index in [1.807, 2.05) is 26.0 Å². The summed E-state index contributed by atoms with van der Waals surface area (Å²) in [5, 5.41) is 4.72. The fourth-order valence-electron chi connectivity index (χ4n) is 2.16. The summed E-state index contributed by atoms with van der Waals surface area (Å²) < 4.78 is 6.85. The molecule has 0 aliphatic carbocycles. The quantitative estimate of drug-likeness (QED) is 0.813. The molecule has 106 valence electrons. The molecule has 2 rings (SSSR count). The summed E-state index contributed by atoms with van der Waals surface area (Å²) in [4.78, 5) is 12.4. The summed E-state index contributed by atoms with van der Waals surface area (Å²) in [6.07, 6.45) is 0.220. The van der Waals surface area contributed by atoms with Crippen molar-refractivity contribution >= 4 is 17.4 Å². The molecule has 0 amide bonds. The summed E-state index contributed by atoms with van der Waals surface area (Å²) in [7, 11) is 3.32. The fraction of sp³-hybridized carbons (Fsp3) is 0.333. The maximum Gasteiger partial charge on any atom is 0.171 e. The number of hydrogen-bond acceptors (Lipinski definition) is 3. The van der Waals surface area contributed by atoms with Crippen molar-refractivity contribution in [3.63, 3.8) is 0 Å². The molecule has 1 aromatic carbocycles. The molecule has 0 bridgehead atoms. The molecule has 0 radical (unpaired) electrons. The minimum atomic E-state index is -0.0279. The number of benzene rings is 1. The Hall–Kier alpha value is -1.81. The molecule has 2 aromatic rings. The molecule has 20 heavy (non-hydrogen) atoms. The van der Waals surface area contributed by atoms with E-state index in [9.17, 15) is 4.79 Å². The summed E-state index contributed by atoms with van der Waals surface area (Å²) >= 11 is 6.16. The second-order valence-corrected chi connectivity index (χ2v) is 5.14. The minimum Gasteiger partial charge on any atom is -0.496 e. The second kappa shape index (κ2) is 5.67. The molecule has 4 nitrogen and oxygen atoms in total. The lowest BCUT2D eigenvalue weighted by Gasteiger charge is -2.08. The van der Waals surface area contributed by atoms with Crippen molar-refractivity contribution in [1.29, 1.82) is 0 Å². The Labute approximate surface area is 123 Å². The first-order valence-electron chi connectivity index (χ1n) is 6.30. The average molecular weight is 293 g/mol. The average Bonchev–Trinajstić information content (AvgIpc) is 2.65. The van der Waals surface area contributed by atoms with Crippen LogP contribution >= 0.6 is 11.6 Å². The van der Waals surface area contributed by atoms with Crippen molar-refractivity contribution in [3.05, 3.63) is 45.7 Å². The number of aromatic nitrogens is 2. The van der Waals surface area contributed by atoms with Gasteiger partial charge < -0.3 is 4.74 Å². The first-order chi connectivity index (χ1) is 9.43. The Morgan fingerprint density at radius 2 is 2.10 bits per heavy atom. The van der Waals surface area contributed by atoms with Crippen molar-refractivity contribution in [2.24, 2.45) is 7.05 Å². The highest BCUT2D eigenvalue weighted by Crippen LogP contribution is 2.25. The number of carbonyl (C=O) groups excluding carboxylic acids is 1. The molecule has 0 N–H and O–H groups in total. The number of aryl methyl sites for hydroxylation is 3. The zero-order valence-electron chi connectivity index (χ0n) is 12.0. The van der Waals surface area contributed by atoms with Gasteiger partial charge in [0.15, 0.2) is 5.78 Å². The highest BCUT2D eigenvalue weighted by atomic mass is 35.5. The van der Waals surface area contributed by atoms with Gasteiger partial charge in [-0.15, -0.1) is 0 Å². The number of Topliss-reactive ketones (excluding diaryl/α,β-unsaturated/α-hetero) is 1. The van der Waals surface area contributed by atoms with E-state index in [0.717, 1.165) is 16.8 Å². The fourth-order valence-corrected chi connectivity index (χ4v) is 2.40. The molecule has 0 spiro atoms. The molecule has 0 saturated heterocycles. The van der Waals surface area contributed by atoms with Crippen LogP contribution in [0.25, 0.3) is 0 Å². The number of carbonyl (C=O) groups is 1. The van der Waals surface area contributed by atoms with Crippen LogP contribution in [-0.2, 0) is 13.5 Å². The van der Waals surface area contributed by atoms with Gasteiger partial charge in [0.05, 0.1) is 18.4 Å². The largest absolute Gasteiger partial charge is 0.496 e. The molecule has 0 fully saturated rings. The van der Waals surface area contributed by atoms with E-state index in [1.165, 1.54) is 0 Å². The normalized spacial score (nSPS) is 10.7. The monoisotopic (exact) mass is 292 g/mol. The molecular weight excluding hydrogens is 276 g/mol. The minimum absolute atomic E-state index is 0.0279. The number of methoxy groups -OCH3 is 1. The third-order valence-corrected chi connectivity index (χ3v) is 3.74. The summed E-state index contributed by atoms with van der Waals surface area (Å²) in [6, 6.07) is 5.54. The Balaban J connectivity index is 2.33. The number of ether oxygens (including phenoxy) is 1. The smallest absolute Gasteiger partial charge is 0.171 e. The Morgan fingerprint density at radius 1 is 1.40 bits per heavy atom. The van der Waals surface area contributed by atoms with Gasteiger partial charge in [0.1, 0.15) is 10.9 Å². The van der Waals surface area contributed by atoms with Gasteiger partial charge >= 0.3 is 0 Å². The maximum atomic E-state index is 12.4. The van der Waals surface area contributed by atoms with E-state index in [-0.39, 0.29) is 12.2 Å². The maximum absolute atomic E-state index is 12.4. The van der Waals surface area contributed by atoms with E-state index in [2.05, 4.69) is 5.10 Å². The van der Waals surface area contributed by atoms with Crippen molar-refractivity contribution in [2.45, 2.75) is 20.3 Å². The highest BCUT2D eigenvalue weighted by Gasteiger charge is 2.18. The van der Waals surface area contributed by atoms with Crippen LogP contribution < -0.4 is 4.74 Å². The second-order valence-electron chi connectivity index (χ2n) is 4.78. The topological polar surface area (TPSA) is 44.1 Å². The van der Waals surface area contributed by atoms with E-state index in [4.69, 9.17) is 16.3 Å². The molecule has 1 aromatic heterocycles. The van der Waals surface area contributed by atoms with Gasteiger partial charge in [0.2, 0.25) is 0 Å². The summed E-state index contributed by atoms with van der Waals surface area (Å²) in [5.74, 6) is 0.563. The third-order valence-electron chi connectivity index (χ3n) is 3.26. The van der Waals surface area contributed by atoms with Gasteiger partial charge in [-0.3, -0.25) is 9.48 Å². The van der Waals surface area contributed by atoms with E-state index < -0.39 is 0 Å². The predicted molar refractivity (Wildman–Crippen MR) is 78.7 cm³/mol. The number of nitrogens with zero attached hydrogens (tertiary/aromatic N) is 2. The Kier molecular flexibility index (Phi) is 4.14. The Bertz CT molecular complexity index is 662. The third kappa shape index (κ3) is 2.70. The highest BCUT2D eigenvalue weighted by molar-refractivity contribution is 6.30. The lowest BCUT2D eigenvalue weighted by molar-refractivity contribution is 0.0990. The van der Waals surface area contributed by atoms with Crippen molar-refractivity contribution in [3.8, 4) is 5.75 Å². The number of ketones is 1. The molecular formula is C15H17ClN2O2. The molecule has 1 heterocycles. The van der Waals surface area contributed by atoms with Crippen LogP contribution in [0.5, 0.6) is 5.75 Å². The van der Waals surface area contributed by atoms with Gasteiger partial charge in [0, 0.05) is 19.0 Å².